The Kier molecular flexibility index (Phi) is 6.70. The molecular formula is C19H24BrN3O3S. The van der Waals surface area contributed by atoms with Crippen molar-refractivity contribution in [3.63, 3.8) is 0 Å². The minimum Gasteiger partial charge on any atom is -0.481 e. The van der Waals surface area contributed by atoms with E-state index in [2.05, 4.69) is 26.7 Å². The zero-order valence-corrected chi connectivity index (χ0v) is 17.6. The van der Waals surface area contributed by atoms with Crippen LogP contribution in [0.5, 0.6) is 5.75 Å². The van der Waals surface area contributed by atoms with Crippen LogP contribution in [0.3, 0.4) is 0 Å². The number of rotatable bonds is 6. The van der Waals surface area contributed by atoms with E-state index in [4.69, 9.17) is 17.0 Å². The summed E-state index contributed by atoms with van der Waals surface area (Å²) in [7, 11) is 0. The van der Waals surface area contributed by atoms with Gasteiger partial charge in [0.05, 0.1) is 5.92 Å². The van der Waals surface area contributed by atoms with Gasteiger partial charge in [0.1, 0.15) is 5.75 Å². The number of fused-ring (bicyclic) bond motifs is 1. The van der Waals surface area contributed by atoms with Crippen LogP contribution in [0.2, 0.25) is 0 Å². The molecule has 1 saturated carbocycles. The van der Waals surface area contributed by atoms with E-state index in [1.807, 2.05) is 19.1 Å². The fourth-order valence-corrected chi connectivity index (χ4v) is 4.11. The highest BCUT2D eigenvalue weighted by molar-refractivity contribution is 9.10. The average Bonchev–Trinajstić information content (AvgIpc) is 2.66. The molecule has 3 unspecified atom stereocenters. The van der Waals surface area contributed by atoms with Crippen LogP contribution in [0.25, 0.3) is 0 Å². The zero-order valence-electron chi connectivity index (χ0n) is 15.2. The molecule has 27 heavy (non-hydrogen) atoms. The highest BCUT2D eigenvalue weighted by Gasteiger charge is 2.41. The summed E-state index contributed by atoms with van der Waals surface area (Å²) in [4.78, 5) is 25.6. The predicted octanol–water partition coefficient (Wildman–Crippen LogP) is 3.30. The first-order valence-electron chi connectivity index (χ1n) is 9.36. The first-order valence-corrected chi connectivity index (χ1v) is 10.6. The highest BCUT2D eigenvalue weighted by atomic mass is 79.9. The average molecular weight is 454 g/mol. The Hall–Kier alpha value is -1.67. The second-order valence-electron chi connectivity index (χ2n) is 6.95. The number of thiocarbonyl (C=S) groups is 1. The number of hydrogen-bond acceptors (Lipinski definition) is 4. The molecule has 2 aliphatic rings. The van der Waals surface area contributed by atoms with Crippen molar-refractivity contribution in [2.45, 2.75) is 57.6 Å². The van der Waals surface area contributed by atoms with Crippen molar-refractivity contribution in [1.82, 2.24) is 15.8 Å². The molecule has 2 fully saturated rings. The van der Waals surface area contributed by atoms with Crippen molar-refractivity contribution in [3.8, 4) is 5.75 Å². The van der Waals surface area contributed by atoms with Crippen LogP contribution in [0.15, 0.2) is 28.7 Å². The zero-order chi connectivity index (χ0) is 19.4. The topological polar surface area (TPSA) is 70.7 Å². The Balaban J connectivity index is 1.67. The van der Waals surface area contributed by atoms with Gasteiger partial charge < -0.3 is 10.1 Å². The van der Waals surface area contributed by atoms with Crippen LogP contribution >= 0.6 is 28.1 Å². The summed E-state index contributed by atoms with van der Waals surface area (Å²) in [6.07, 6.45) is 4.48. The number of carbonyl (C=O) groups is 2. The van der Waals surface area contributed by atoms with E-state index in [9.17, 15) is 9.59 Å². The summed E-state index contributed by atoms with van der Waals surface area (Å²) in [5.74, 6) is -0.0326. The number of benzene rings is 1. The minimum atomic E-state index is -0.698. The van der Waals surface area contributed by atoms with E-state index in [1.54, 1.807) is 12.1 Å². The standard InChI is InChI=1S/C19H24BrN3O3S/c1-2-5-16(26-13-10-8-12(20)9-11-13)17(24)22-23-18(25)14-6-3-4-7-15(14)21-19(23)27/h8-11,14-16H,2-7H2,1H3,(H,21,27)(H,22,24). The number of ether oxygens (including phenoxy) is 1. The SMILES string of the molecule is CCCC(Oc1ccc(Br)cc1)C(=O)NN1C(=O)C2CCCCC2NC1=S. The number of hydrazine groups is 1. The van der Waals surface area contributed by atoms with Gasteiger partial charge in [-0.2, -0.15) is 5.01 Å². The molecule has 0 aromatic heterocycles. The predicted molar refractivity (Wildman–Crippen MR) is 110 cm³/mol. The van der Waals surface area contributed by atoms with E-state index < -0.39 is 6.10 Å². The Labute approximate surface area is 173 Å². The van der Waals surface area contributed by atoms with Crippen LogP contribution < -0.4 is 15.5 Å². The Morgan fingerprint density at radius 2 is 2.07 bits per heavy atom. The molecule has 146 valence electrons. The first kappa shape index (κ1) is 20.1. The third-order valence-corrected chi connectivity index (χ3v) is 5.80. The van der Waals surface area contributed by atoms with Crippen molar-refractivity contribution >= 4 is 45.1 Å². The number of hydrogen-bond donors (Lipinski definition) is 2. The molecule has 2 amide bonds. The Morgan fingerprint density at radius 3 is 2.78 bits per heavy atom. The van der Waals surface area contributed by atoms with Gasteiger partial charge in [-0.3, -0.25) is 15.0 Å². The van der Waals surface area contributed by atoms with Crippen molar-refractivity contribution in [3.05, 3.63) is 28.7 Å². The second-order valence-corrected chi connectivity index (χ2v) is 8.25. The maximum absolute atomic E-state index is 12.8. The largest absolute Gasteiger partial charge is 0.481 e. The summed E-state index contributed by atoms with van der Waals surface area (Å²) in [6.45, 7) is 1.98. The first-order chi connectivity index (χ1) is 13.0. The number of amides is 2. The second kappa shape index (κ2) is 9.01. The van der Waals surface area contributed by atoms with Crippen LogP contribution in [-0.2, 0) is 9.59 Å². The van der Waals surface area contributed by atoms with Crippen molar-refractivity contribution in [2.24, 2.45) is 5.92 Å². The van der Waals surface area contributed by atoms with E-state index in [0.717, 1.165) is 36.6 Å². The molecule has 0 radical (unpaired) electrons. The van der Waals surface area contributed by atoms with Gasteiger partial charge in [0, 0.05) is 10.5 Å². The molecule has 3 atom stereocenters. The monoisotopic (exact) mass is 453 g/mol. The van der Waals surface area contributed by atoms with Gasteiger partial charge in [-0.25, -0.2) is 0 Å². The van der Waals surface area contributed by atoms with Gasteiger partial charge in [0.2, 0.25) is 0 Å². The minimum absolute atomic E-state index is 0.0809. The molecule has 6 nitrogen and oxygen atoms in total. The van der Waals surface area contributed by atoms with Crippen LogP contribution in [0.4, 0.5) is 0 Å². The summed E-state index contributed by atoms with van der Waals surface area (Å²) in [5.41, 5.74) is 2.67. The Morgan fingerprint density at radius 1 is 1.37 bits per heavy atom. The van der Waals surface area contributed by atoms with Gasteiger partial charge in [-0.05, 0) is 55.7 Å². The summed E-state index contributed by atoms with van der Waals surface area (Å²) < 4.78 is 6.79. The molecule has 1 aromatic carbocycles. The third kappa shape index (κ3) is 4.79. The molecule has 1 heterocycles. The summed E-state index contributed by atoms with van der Waals surface area (Å²) in [5, 5.41) is 4.66. The molecule has 1 saturated heterocycles. The lowest BCUT2D eigenvalue weighted by Crippen LogP contribution is -2.66. The number of carbonyl (C=O) groups excluding carboxylic acids is 2. The summed E-state index contributed by atoms with van der Waals surface area (Å²) in [6, 6.07) is 7.38. The smallest absolute Gasteiger partial charge is 0.279 e. The maximum atomic E-state index is 12.8. The van der Waals surface area contributed by atoms with Gasteiger partial charge >= 0.3 is 0 Å². The number of nitrogens with zero attached hydrogens (tertiary/aromatic N) is 1. The molecule has 1 aromatic rings. The van der Waals surface area contributed by atoms with Gasteiger partial charge in [0.25, 0.3) is 11.8 Å². The quantitative estimate of drug-likeness (QED) is 0.646. The lowest BCUT2D eigenvalue weighted by Gasteiger charge is -2.41. The number of nitrogens with one attached hydrogen (secondary N) is 2. The molecular weight excluding hydrogens is 430 g/mol. The molecule has 1 aliphatic carbocycles. The number of halogens is 1. The fraction of sp³-hybridized carbons (Fsp3) is 0.526. The van der Waals surface area contributed by atoms with E-state index in [1.165, 1.54) is 5.01 Å². The molecule has 2 N–H and O–H groups in total. The molecule has 3 rings (SSSR count). The summed E-state index contributed by atoms with van der Waals surface area (Å²) >= 11 is 8.70. The van der Waals surface area contributed by atoms with Crippen LogP contribution in [-0.4, -0.2) is 34.1 Å². The molecule has 0 spiro atoms. The lowest BCUT2D eigenvalue weighted by atomic mass is 9.83. The molecule has 0 bridgehead atoms. The van der Waals surface area contributed by atoms with Gasteiger partial charge in [0.15, 0.2) is 11.2 Å². The van der Waals surface area contributed by atoms with Gasteiger partial charge in [-0.1, -0.05) is 42.1 Å². The molecule has 1 aliphatic heterocycles. The maximum Gasteiger partial charge on any atom is 0.279 e. The van der Waals surface area contributed by atoms with Gasteiger partial charge in [-0.15, -0.1) is 0 Å². The van der Waals surface area contributed by atoms with E-state index in [-0.39, 0.29) is 28.9 Å². The molecule has 8 heteroatoms. The highest BCUT2D eigenvalue weighted by Crippen LogP contribution is 2.29. The van der Waals surface area contributed by atoms with Crippen LogP contribution in [0, 0.1) is 5.92 Å². The fourth-order valence-electron chi connectivity index (χ4n) is 3.56. The van der Waals surface area contributed by atoms with Crippen molar-refractivity contribution in [2.75, 3.05) is 0 Å². The third-order valence-electron chi connectivity index (χ3n) is 4.97. The Bertz CT molecular complexity index is 713. The normalized spacial score (nSPS) is 23.3. The van der Waals surface area contributed by atoms with Crippen LogP contribution in [0.1, 0.15) is 45.4 Å². The van der Waals surface area contributed by atoms with E-state index >= 15 is 0 Å². The van der Waals surface area contributed by atoms with Crippen molar-refractivity contribution < 1.29 is 14.3 Å². The van der Waals surface area contributed by atoms with E-state index in [0.29, 0.717) is 12.2 Å². The van der Waals surface area contributed by atoms with Crippen molar-refractivity contribution in [1.29, 1.82) is 0 Å². The lowest BCUT2D eigenvalue weighted by molar-refractivity contribution is -0.145.